The summed E-state index contributed by atoms with van der Waals surface area (Å²) in [5.74, 6) is 0.170. The molecular formula is C26H28N4O2S. The second-order valence-corrected chi connectivity index (χ2v) is 10.2. The number of carbonyl (C=O) groups is 1. The molecule has 0 atom stereocenters. The summed E-state index contributed by atoms with van der Waals surface area (Å²) in [5, 5.41) is 3.08. The Morgan fingerprint density at radius 2 is 1.58 bits per heavy atom. The number of amides is 1. The number of likely N-dealkylation sites (tertiary alicyclic amines) is 2. The van der Waals surface area contributed by atoms with Gasteiger partial charge in [-0.05, 0) is 43.9 Å². The number of imidazole rings is 1. The molecule has 2 aliphatic rings. The summed E-state index contributed by atoms with van der Waals surface area (Å²) in [5.41, 5.74) is 2.77. The number of nitrogens with zero attached hydrogens (tertiary/aromatic N) is 3. The van der Waals surface area contributed by atoms with Gasteiger partial charge in [-0.2, -0.15) is 0 Å². The molecule has 0 aliphatic carbocycles. The largest absolute Gasteiger partial charge is 0.338 e. The van der Waals surface area contributed by atoms with Crippen molar-refractivity contribution in [1.29, 1.82) is 0 Å². The number of hydrogen-bond donors (Lipinski definition) is 1. The third kappa shape index (κ3) is 3.69. The van der Waals surface area contributed by atoms with Gasteiger partial charge in [0.15, 0.2) is 0 Å². The number of hydrogen-bond acceptors (Lipinski definition) is 4. The van der Waals surface area contributed by atoms with Gasteiger partial charge in [0.1, 0.15) is 0 Å². The van der Waals surface area contributed by atoms with Crippen molar-refractivity contribution in [3.8, 4) is 0 Å². The highest BCUT2D eigenvalue weighted by Crippen LogP contribution is 2.30. The van der Waals surface area contributed by atoms with Crippen molar-refractivity contribution in [2.75, 3.05) is 26.2 Å². The highest BCUT2D eigenvalue weighted by atomic mass is 32.1. The molecule has 2 aromatic carbocycles. The van der Waals surface area contributed by atoms with E-state index in [1.165, 1.54) is 4.70 Å². The number of thiophene rings is 1. The fourth-order valence-corrected chi connectivity index (χ4v) is 6.63. The third-order valence-corrected chi connectivity index (χ3v) is 8.43. The SMILES string of the molecule is O=C(c1csc2ccccc12)N1CCC(N2CCC(n3c(=O)[nH]c4ccccc43)CC2)CC1. The Hall–Kier alpha value is -2.90. The van der Waals surface area contributed by atoms with Gasteiger partial charge in [-0.15, -0.1) is 11.3 Å². The number of aromatic amines is 1. The molecule has 4 aromatic rings. The van der Waals surface area contributed by atoms with Crippen molar-refractivity contribution >= 4 is 38.4 Å². The molecule has 0 radical (unpaired) electrons. The fourth-order valence-electron chi connectivity index (χ4n) is 5.69. The quantitative estimate of drug-likeness (QED) is 0.490. The standard InChI is InChI=1S/C26H28N4O2S/c31-25(21-17-33-24-8-4-1-5-20(21)24)29-15-9-18(10-16-29)28-13-11-19(12-14-28)30-23-7-3-2-6-22(23)27-26(30)32/h1-8,17-19H,9-16H2,(H,27,32). The van der Waals surface area contributed by atoms with Crippen LogP contribution in [-0.4, -0.2) is 57.5 Å². The molecule has 33 heavy (non-hydrogen) atoms. The normalized spacial score (nSPS) is 19.0. The van der Waals surface area contributed by atoms with Crippen LogP contribution in [0.25, 0.3) is 21.1 Å². The highest BCUT2D eigenvalue weighted by molar-refractivity contribution is 7.17. The Bertz CT molecular complexity index is 1350. The Kier molecular flexibility index (Phi) is 5.31. The van der Waals surface area contributed by atoms with Gasteiger partial charge < -0.3 is 14.8 Å². The van der Waals surface area contributed by atoms with Crippen molar-refractivity contribution in [2.45, 2.75) is 37.8 Å². The molecule has 0 spiro atoms. The minimum absolute atomic E-state index is 0.00225. The Labute approximate surface area is 196 Å². The van der Waals surface area contributed by atoms with Gasteiger partial charge in [-0.3, -0.25) is 9.36 Å². The summed E-state index contributed by atoms with van der Waals surface area (Å²) in [7, 11) is 0. The number of fused-ring (bicyclic) bond motifs is 2. The Morgan fingerprint density at radius 1 is 0.879 bits per heavy atom. The molecule has 2 aromatic heterocycles. The lowest BCUT2D eigenvalue weighted by atomic mass is 9.97. The van der Waals surface area contributed by atoms with E-state index in [9.17, 15) is 9.59 Å². The zero-order chi connectivity index (χ0) is 22.4. The number of nitrogens with one attached hydrogen (secondary N) is 1. The first-order valence-corrected chi connectivity index (χ1v) is 12.8. The van der Waals surface area contributed by atoms with E-state index in [1.807, 2.05) is 51.2 Å². The summed E-state index contributed by atoms with van der Waals surface area (Å²) in [6.45, 7) is 3.64. The zero-order valence-electron chi connectivity index (χ0n) is 18.6. The molecule has 0 saturated carbocycles. The number of para-hydroxylation sites is 2. The van der Waals surface area contributed by atoms with Crippen molar-refractivity contribution in [3.63, 3.8) is 0 Å². The number of aromatic nitrogens is 2. The Balaban J connectivity index is 1.08. The number of rotatable bonds is 3. The molecule has 2 fully saturated rings. The van der Waals surface area contributed by atoms with E-state index in [4.69, 9.17) is 0 Å². The molecule has 6 nitrogen and oxygen atoms in total. The monoisotopic (exact) mass is 460 g/mol. The van der Waals surface area contributed by atoms with Gasteiger partial charge in [-0.1, -0.05) is 30.3 Å². The van der Waals surface area contributed by atoms with Crippen LogP contribution in [0.3, 0.4) is 0 Å². The second-order valence-electron chi connectivity index (χ2n) is 9.25. The topological polar surface area (TPSA) is 61.3 Å². The van der Waals surface area contributed by atoms with Crippen LogP contribution in [0, 0.1) is 0 Å². The minimum atomic E-state index is 0.00225. The van der Waals surface area contributed by atoms with E-state index in [2.05, 4.69) is 22.0 Å². The molecule has 2 aliphatic heterocycles. The smallest absolute Gasteiger partial charge is 0.326 e. The first kappa shape index (κ1) is 20.7. The lowest BCUT2D eigenvalue weighted by Crippen LogP contribution is -2.49. The molecule has 1 N–H and O–H groups in total. The molecule has 0 unspecified atom stereocenters. The molecule has 170 valence electrons. The van der Waals surface area contributed by atoms with Gasteiger partial charge in [-0.25, -0.2) is 4.79 Å². The molecule has 7 heteroatoms. The maximum absolute atomic E-state index is 13.2. The van der Waals surface area contributed by atoms with E-state index < -0.39 is 0 Å². The average Bonchev–Trinajstić information content (AvgIpc) is 3.44. The fraction of sp³-hybridized carbons (Fsp3) is 0.385. The first-order chi connectivity index (χ1) is 16.2. The van der Waals surface area contributed by atoms with Crippen LogP contribution < -0.4 is 5.69 Å². The van der Waals surface area contributed by atoms with Gasteiger partial charge in [0.25, 0.3) is 5.91 Å². The van der Waals surface area contributed by atoms with Crippen LogP contribution in [0.4, 0.5) is 0 Å². The zero-order valence-corrected chi connectivity index (χ0v) is 19.4. The van der Waals surface area contributed by atoms with Gasteiger partial charge in [0.2, 0.25) is 0 Å². The lowest BCUT2D eigenvalue weighted by molar-refractivity contribution is 0.0560. The van der Waals surface area contributed by atoms with Crippen molar-refractivity contribution in [2.24, 2.45) is 0 Å². The molecule has 6 rings (SSSR count). The number of benzene rings is 2. The van der Waals surface area contributed by atoms with Crippen LogP contribution in [0.5, 0.6) is 0 Å². The maximum atomic E-state index is 13.2. The number of piperidine rings is 2. The van der Waals surface area contributed by atoms with Gasteiger partial charge in [0, 0.05) is 53.7 Å². The van der Waals surface area contributed by atoms with E-state index >= 15 is 0 Å². The van der Waals surface area contributed by atoms with Gasteiger partial charge >= 0.3 is 5.69 Å². The van der Waals surface area contributed by atoms with Crippen molar-refractivity contribution < 1.29 is 4.79 Å². The predicted molar refractivity (Wildman–Crippen MR) is 133 cm³/mol. The second kappa shape index (κ2) is 8.47. The van der Waals surface area contributed by atoms with Gasteiger partial charge in [0.05, 0.1) is 16.6 Å². The number of carbonyl (C=O) groups excluding carboxylic acids is 1. The van der Waals surface area contributed by atoms with E-state index in [-0.39, 0.29) is 17.6 Å². The summed E-state index contributed by atoms with van der Waals surface area (Å²) in [6, 6.07) is 16.9. The number of H-pyrrole nitrogens is 1. The van der Waals surface area contributed by atoms with Crippen LogP contribution in [0.1, 0.15) is 42.1 Å². The molecule has 2 saturated heterocycles. The van der Waals surface area contributed by atoms with Crippen LogP contribution in [0.15, 0.2) is 58.7 Å². The van der Waals surface area contributed by atoms with E-state index in [1.54, 1.807) is 11.3 Å². The Morgan fingerprint density at radius 3 is 2.39 bits per heavy atom. The summed E-state index contributed by atoms with van der Waals surface area (Å²) in [6.07, 6.45) is 4.01. The first-order valence-electron chi connectivity index (χ1n) is 11.9. The predicted octanol–water partition coefficient (Wildman–Crippen LogP) is 4.49. The minimum Gasteiger partial charge on any atom is -0.338 e. The van der Waals surface area contributed by atoms with Crippen LogP contribution >= 0.6 is 11.3 Å². The summed E-state index contributed by atoms with van der Waals surface area (Å²) >= 11 is 1.65. The third-order valence-electron chi connectivity index (χ3n) is 7.47. The molecular weight excluding hydrogens is 432 g/mol. The summed E-state index contributed by atoms with van der Waals surface area (Å²) < 4.78 is 3.13. The lowest BCUT2D eigenvalue weighted by Gasteiger charge is -2.42. The molecule has 0 bridgehead atoms. The maximum Gasteiger partial charge on any atom is 0.326 e. The average molecular weight is 461 g/mol. The molecule has 1 amide bonds. The van der Waals surface area contributed by atoms with Crippen LogP contribution in [0.2, 0.25) is 0 Å². The highest BCUT2D eigenvalue weighted by Gasteiger charge is 2.31. The van der Waals surface area contributed by atoms with Crippen molar-refractivity contribution in [3.05, 3.63) is 70.0 Å². The van der Waals surface area contributed by atoms with Crippen molar-refractivity contribution in [1.82, 2.24) is 19.4 Å². The van der Waals surface area contributed by atoms with Crippen LogP contribution in [-0.2, 0) is 0 Å². The van der Waals surface area contributed by atoms with E-state index in [0.29, 0.717) is 6.04 Å². The summed E-state index contributed by atoms with van der Waals surface area (Å²) in [4.78, 5) is 33.3. The molecule has 4 heterocycles. The van der Waals surface area contributed by atoms with E-state index in [0.717, 1.165) is 73.8 Å².